The minimum atomic E-state index is -5.08. The zero-order chi connectivity index (χ0) is 28.5. The molecule has 206 valence electrons. The van der Waals surface area contributed by atoms with Crippen LogP contribution in [0.1, 0.15) is 51.1 Å². The minimum absolute atomic E-state index is 0.115. The van der Waals surface area contributed by atoms with Gasteiger partial charge in [0.25, 0.3) is 5.91 Å². The number of carbonyl (C=O) groups is 3. The number of ketones is 1. The molecule has 2 aliphatic rings. The number of hydrogen-bond donors (Lipinski definition) is 2. The van der Waals surface area contributed by atoms with Crippen LogP contribution < -0.4 is 4.74 Å². The lowest BCUT2D eigenvalue weighted by atomic mass is 9.81. The number of aromatic nitrogens is 2. The number of Topliss-reactive ketones (excluding diaryl/α,β-unsaturated/α-hetero) is 1. The Kier molecular flexibility index (Phi) is 7.74. The molecule has 0 saturated carbocycles. The molecule has 3 aromatic rings. The average molecular weight is 564 g/mol. The molecule has 5 rings (SSSR count). The number of ether oxygens (including phenoxy) is 1. The highest BCUT2D eigenvalue weighted by molar-refractivity contribution is 6.34. The molecular weight excluding hydrogens is 539 g/mol. The van der Waals surface area contributed by atoms with E-state index in [1.807, 2.05) is 38.1 Å². The van der Waals surface area contributed by atoms with E-state index in [1.165, 1.54) is 0 Å². The maximum absolute atomic E-state index is 13.3. The fraction of sp³-hybridized carbons (Fsp3) is 0.333. The molecule has 1 aromatic heterocycles. The van der Waals surface area contributed by atoms with Crippen LogP contribution in [-0.2, 0) is 4.79 Å². The third-order valence-electron chi connectivity index (χ3n) is 6.90. The number of carboxylic acid groups (broad SMARTS) is 1. The number of fused-ring (bicyclic) bond motifs is 1. The molecule has 0 bridgehead atoms. The second-order valence-corrected chi connectivity index (χ2v) is 9.97. The molecule has 2 aliphatic heterocycles. The number of piperidine rings is 1. The molecule has 39 heavy (non-hydrogen) atoms. The van der Waals surface area contributed by atoms with Gasteiger partial charge in [-0.2, -0.15) is 18.3 Å². The van der Waals surface area contributed by atoms with Crippen molar-refractivity contribution in [1.82, 2.24) is 15.1 Å². The van der Waals surface area contributed by atoms with Gasteiger partial charge in [0.1, 0.15) is 11.4 Å². The maximum atomic E-state index is 13.3. The molecular formula is C27H25ClF3N3O5. The fourth-order valence-corrected chi connectivity index (χ4v) is 4.78. The number of hydrogen-bond acceptors (Lipinski definition) is 5. The highest BCUT2D eigenvalue weighted by atomic mass is 35.5. The third kappa shape index (κ3) is 6.08. The van der Waals surface area contributed by atoms with Crippen molar-refractivity contribution in [3.05, 3.63) is 69.9 Å². The van der Waals surface area contributed by atoms with Gasteiger partial charge in [-0.1, -0.05) is 17.7 Å². The number of carboxylic acids is 1. The second kappa shape index (κ2) is 10.7. The SMILES string of the molecule is Cc1cc2c(cc1C)C(=O)CC1(CCN(C(=O)c3cc(-c4cc[nH]n4)ccc3Cl)CC1)O2.O=C(O)C(F)(F)F. The summed E-state index contributed by atoms with van der Waals surface area (Å²) in [7, 11) is 0. The highest BCUT2D eigenvalue weighted by Gasteiger charge is 2.44. The van der Waals surface area contributed by atoms with Gasteiger partial charge in [-0.25, -0.2) is 4.79 Å². The van der Waals surface area contributed by atoms with Crippen LogP contribution in [0.3, 0.4) is 0 Å². The third-order valence-corrected chi connectivity index (χ3v) is 7.23. The number of aryl methyl sites for hydroxylation is 2. The van der Waals surface area contributed by atoms with Gasteiger partial charge in [-0.15, -0.1) is 0 Å². The molecule has 0 unspecified atom stereocenters. The van der Waals surface area contributed by atoms with Crippen LogP contribution in [-0.4, -0.2) is 62.7 Å². The minimum Gasteiger partial charge on any atom is -0.486 e. The first-order valence-corrected chi connectivity index (χ1v) is 12.4. The summed E-state index contributed by atoms with van der Waals surface area (Å²) in [5, 5.41) is 14.5. The monoisotopic (exact) mass is 563 g/mol. The predicted octanol–water partition coefficient (Wildman–Crippen LogP) is 5.62. The number of aliphatic carboxylic acids is 1. The number of rotatable bonds is 2. The van der Waals surface area contributed by atoms with Crippen LogP contribution in [0.25, 0.3) is 11.3 Å². The van der Waals surface area contributed by atoms with Crippen molar-refractivity contribution >= 4 is 29.3 Å². The highest BCUT2D eigenvalue weighted by Crippen LogP contribution is 2.40. The van der Waals surface area contributed by atoms with Crippen LogP contribution in [0.2, 0.25) is 5.02 Å². The van der Waals surface area contributed by atoms with Gasteiger partial charge in [0, 0.05) is 37.7 Å². The Bertz CT molecular complexity index is 1410. The summed E-state index contributed by atoms with van der Waals surface area (Å²) in [4.78, 5) is 36.8. The quantitative estimate of drug-likeness (QED) is 0.418. The number of benzene rings is 2. The number of amides is 1. The Balaban J connectivity index is 0.000000448. The molecule has 2 aromatic carbocycles. The van der Waals surface area contributed by atoms with Crippen molar-refractivity contribution in [3.8, 4) is 17.0 Å². The topological polar surface area (TPSA) is 113 Å². The van der Waals surface area contributed by atoms with Gasteiger partial charge in [-0.3, -0.25) is 14.7 Å². The first-order chi connectivity index (χ1) is 18.3. The van der Waals surface area contributed by atoms with E-state index in [-0.39, 0.29) is 11.7 Å². The average Bonchev–Trinajstić information content (AvgIpc) is 3.41. The first-order valence-electron chi connectivity index (χ1n) is 12.0. The molecule has 1 spiro atoms. The van der Waals surface area contributed by atoms with Gasteiger partial charge in [-0.05, 0) is 55.3 Å². The van der Waals surface area contributed by atoms with Crippen molar-refractivity contribution in [2.45, 2.75) is 44.9 Å². The molecule has 0 atom stereocenters. The lowest BCUT2D eigenvalue weighted by Gasteiger charge is -2.44. The zero-order valence-corrected chi connectivity index (χ0v) is 21.8. The predicted molar refractivity (Wildman–Crippen MR) is 136 cm³/mol. The number of aromatic amines is 1. The van der Waals surface area contributed by atoms with Gasteiger partial charge in [0.05, 0.1) is 28.3 Å². The summed E-state index contributed by atoms with van der Waals surface area (Å²) < 4.78 is 38.1. The van der Waals surface area contributed by atoms with E-state index in [9.17, 15) is 22.8 Å². The molecule has 0 aliphatic carbocycles. The lowest BCUT2D eigenvalue weighted by molar-refractivity contribution is -0.192. The molecule has 1 fully saturated rings. The summed E-state index contributed by atoms with van der Waals surface area (Å²) >= 11 is 6.37. The molecule has 1 amide bonds. The number of alkyl halides is 3. The lowest BCUT2D eigenvalue weighted by Crippen LogP contribution is -2.52. The Morgan fingerprint density at radius 2 is 1.74 bits per heavy atom. The number of halogens is 4. The fourth-order valence-electron chi connectivity index (χ4n) is 4.59. The number of H-pyrrole nitrogens is 1. The van der Waals surface area contributed by atoms with E-state index in [1.54, 1.807) is 23.2 Å². The van der Waals surface area contributed by atoms with E-state index in [0.29, 0.717) is 54.3 Å². The van der Waals surface area contributed by atoms with E-state index in [4.69, 9.17) is 26.2 Å². The van der Waals surface area contributed by atoms with Gasteiger partial charge in [0.15, 0.2) is 5.78 Å². The maximum Gasteiger partial charge on any atom is 0.490 e. The molecule has 2 N–H and O–H groups in total. The Morgan fingerprint density at radius 1 is 1.10 bits per heavy atom. The summed E-state index contributed by atoms with van der Waals surface area (Å²) in [6, 6.07) is 11.1. The smallest absolute Gasteiger partial charge is 0.486 e. The number of likely N-dealkylation sites (tertiary alicyclic amines) is 1. The van der Waals surface area contributed by atoms with Crippen molar-refractivity contribution < 1.29 is 37.4 Å². The summed E-state index contributed by atoms with van der Waals surface area (Å²) in [6.45, 7) is 5.04. The van der Waals surface area contributed by atoms with Crippen LogP contribution in [0.15, 0.2) is 42.6 Å². The van der Waals surface area contributed by atoms with Crippen molar-refractivity contribution in [2.75, 3.05) is 13.1 Å². The van der Waals surface area contributed by atoms with E-state index >= 15 is 0 Å². The summed E-state index contributed by atoms with van der Waals surface area (Å²) in [5.41, 5.74) is 4.35. The van der Waals surface area contributed by atoms with Crippen LogP contribution in [0.5, 0.6) is 5.75 Å². The van der Waals surface area contributed by atoms with Crippen molar-refractivity contribution in [2.24, 2.45) is 0 Å². The Labute approximate surface area is 226 Å². The first kappa shape index (κ1) is 28.2. The second-order valence-electron chi connectivity index (χ2n) is 9.57. The number of nitrogens with zero attached hydrogens (tertiary/aromatic N) is 2. The zero-order valence-electron chi connectivity index (χ0n) is 21.1. The van der Waals surface area contributed by atoms with Gasteiger partial charge >= 0.3 is 12.1 Å². The summed E-state index contributed by atoms with van der Waals surface area (Å²) in [6.07, 6.45) is -1.79. The molecule has 1 saturated heterocycles. The normalized spacial score (nSPS) is 16.2. The van der Waals surface area contributed by atoms with Crippen LogP contribution >= 0.6 is 11.6 Å². The number of carbonyl (C=O) groups excluding carboxylic acids is 2. The molecule has 8 nitrogen and oxygen atoms in total. The van der Waals surface area contributed by atoms with E-state index < -0.39 is 17.7 Å². The number of nitrogens with one attached hydrogen (secondary N) is 1. The summed E-state index contributed by atoms with van der Waals surface area (Å²) in [5.74, 6) is -2.09. The van der Waals surface area contributed by atoms with Crippen LogP contribution in [0.4, 0.5) is 13.2 Å². The van der Waals surface area contributed by atoms with Gasteiger partial charge in [0.2, 0.25) is 0 Å². The van der Waals surface area contributed by atoms with E-state index in [2.05, 4.69) is 10.2 Å². The molecule has 3 heterocycles. The molecule has 0 radical (unpaired) electrons. The largest absolute Gasteiger partial charge is 0.490 e. The van der Waals surface area contributed by atoms with Crippen molar-refractivity contribution in [1.29, 1.82) is 0 Å². The molecule has 12 heteroatoms. The Hall–Kier alpha value is -3.86. The Morgan fingerprint density at radius 3 is 2.33 bits per heavy atom. The van der Waals surface area contributed by atoms with E-state index in [0.717, 1.165) is 22.4 Å². The van der Waals surface area contributed by atoms with Crippen LogP contribution in [0, 0.1) is 13.8 Å². The van der Waals surface area contributed by atoms with Gasteiger partial charge < -0.3 is 14.7 Å². The van der Waals surface area contributed by atoms with Crippen molar-refractivity contribution in [3.63, 3.8) is 0 Å². The standard InChI is InChI=1S/C25H24ClN3O3.C2HF3O2/c1-15-11-19-22(30)14-25(32-23(19)12-16(15)2)6-9-29(10-7-25)24(31)18-13-17(3-4-20(18)26)21-5-8-27-28-21;3-2(4,5)1(6)7/h3-5,8,11-13H,6-7,9-10,14H2,1-2H3,(H,27,28);(H,6,7).